The fourth-order valence-electron chi connectivity index (χ4n) is 2.72. The van der Waals surface area contributed by atoms with Crippen LogP contribution in [0.2, 0.25) is 0 Å². The highest BCUT2D eigenvalue weighted by molar-refractivity contribution is 5.44. The quantitative estimate of drug-likeness (QED) is 0.820. The molecule has 2 aromatic rings. The summed E-state index contributed by atoms with van der Waals surface area (Å²) in [5, 5.41) is 2.33. The van der Waals surface area contributed by atoms with Gasteiger partial charge in [0.1, 0.15) is 11.5 Å². The Morgan fingerprint density at radius 1 is 1.32 bits per heavy atom. The van der Waals surface area contributed by atoms with E-state index in [1.54, 1.807) is 14.2 Å². The van der Waals surface area contributed by atoms with Gasteiger partial charge in [0.25, 0.3) is 0 Å². The molecule has 100 valence electrons. The Morgan fingerprint density at radius 2 is 2.21 bits per heavy atom. The zero-order valence-corrected chi connectivity index (χ0v) is 11.2. The minimum atomic E-state index is 0.246. The van der Waals surface area contributed by atoms with Crippen LogP contribution >= 0.6 is 0 Å². The van der Waals surface area contributed by atoms with Gasteiger partial charge in [-0.2, -0.15) is 0 Å². The van der Waals surface area contributed by atoms with Crippen molar-refractivity contribution in [2.24, 2.45) is 0 Å². The van der Waals surface area contributed by atoms with Crippen LogP contribution in [0.3, 0.4) is 0 Å². The average molecular weight is 261 g/mol. The molecule has 1 aromatic carbocycles. The number of aromatic amines is 2. The van der Waals surface area contributed by atoms with Crippen molar-refractivity contribution in [3.8, 4) is 11.5 Å². The molecule has 3 rings (SSSR count). The molecule has 0 bridgehead atoms. The first-order valence-electron chi connectivity index (χ1n) is 6.46. The topological polar surface area (TPSA) is 65.0 Å². The molecule has 5 heteroatoms. The third kappa shape index (κ3) is 2.06. The summed E-state index contributed by atoms with van der Waals surface area (Å²) < 4.78 is 10.8. The van der Waals surface area contributed by atoms with Crippen molar-refractivity contribution >= 4 is 0 Å². The molecule has 4 N–H and O–H groups in total. The number of hydrogen-bond donors (Lipinski definition) is 2. The molecule has 0 saturated carbocycles. The number of methoxy groups -OCH3 is 2. The van der Waals surface area contributed by atoms with Crippen LogP contribution in [0, 0.1) is 0 Å². The summed E-state index contributed by atoms with van der Waals surface area (Å²) in [5.74, 6) is 1.68. The Bertz CT molecular complexity index is 580. The monoisotopic (exact) mass is 261 g/mol. The molecule has 1 aromatic heterocycles. The normalized spacial score (nSPS) is 17.9. The van der Waals surface area contributed by atoms with E-state index in [1.165, 1.54) is 17.0 Å². The molecule has 0 amide bonds. The van der Waals surface area contributed by atoms with E-state index in [1.807, 2.05) is 18.5 Å². The number of nitrogens with one attached hydrogen (secondary N) is 2. The molecule has 1 aliphatic rings. The van der Waals surface area contributed by atoms with Crippen molar-refractivity contribution in [1.82, 2.24) is 4.98 Å². The number of ether oxygens (including phenoxy) is 2. The van der Waals surface area contributed by atoms with Gasteiger partial charge in [-0.15, -0.1) is 0 Å². The lowest BCUT2D eigenvalue weighted by Gasteiger charge is -2.19. The summed E-state index contributed by atoms with van der Waals surface area (Å²) in [6, 6.07) is 6.24. The van der Waals surface area contributed by atoms with E-state index in [4.69, 9.17) is 9.47 Å². The second-order valence-corrected chi connectivity index (χ2v) is 4.69. The van der Waals surface area contributed by atoms with Gasteiger partial charge in [-0.3, -0.25) is 0 Å². The first-order valence-corrected chi connectivity index (χ1v) is 6.46. The largest absolute Gasteiger partial charge is 0.497 e. The van der Waals surface area contributed by atoms with Crippen LogP contribution < -0.4 is 19.8 Å². The number of aromatic nitrogens is 2. The summed E-state index contributed by atoms with van der Waals surface area (Å²) >= 11 is 0. The number of nitrogens with two attached hydrogens (primary N) is 1. The Kier molecular flexibility index (Phi) is 3.13. The van der Waals surface area contributed by atoms with Crippen LogP contribution in [0.5, 0.6) is 11.5 Å². The van der Waals surface area contributed by atoms with Gasteiger partial charge in [0.15, 0.2) is 11.7 Å². The minimum absolute atomic E-state index is 0.246. The summed E-state index contributed by atoms with van der Waals surface area (Å²) in [5.41, 5.74) is 3.68. The van der Waals surface area contributed by atoms with E-state index in [0.29, 0.717) is 0 Å². The fourth-order valence-corrected chi connectivity index (χ4v) is 2.72. The Balaban J connectivity index is 2.04. The lowest BCUT2D eigenvalue weighted by atomic mass is 9.97. The average Bonchev–Trinajstić information content (AvgIpc) is 2.95. The van der Waals surface area contributed by atoms with Crippen LogP contribution in [0.15, 0.2) is 24.5 Å². The summed E-state index contributed by atoms with van der Waals surface area (Å²) in [6.07, 6.45) is 2.96. The molecular formula is C14H19N3O2+2. The van der Waals surface area contributed by atoms with Gasteiger partial charge in [0.05, 0.1) is 32.7 Å². The van der Waals surface area contributed by atoms with Gasteiger partial charge in [-0.05, 0) is 12.1 Å². The highest BCUT2D eigenvalue weighted by Gasteiger charge is 2.33. The molecule has 0 fully saturated rings. The van der Waals surface area contributed by atoms with E-state index in [2.05, 4.69) is 21.4 Å². The predicted molar refractivity (Wildman–Crippen MR) is 69.2 cm³/mol. The molecule has 1 unspecified atom stereocenters. The highest BCUT2D eigenvalue weighted by atomic mass is 16.5. The zero-order chi connectivity index (χ0) is 13.2. The van der Waals surface area contributed by atoms with E-state index < -0.39 is 0 Å². The molecular weight excluding hydrogens is 242 g/mol. The van der Waals surface area contributed by atoms with Crippen LogP contribution in [0.25, 0.3) is 0 Å². The van der Waals surface area contributed by atoms with Crippen molar-refractivity contribution in [2.45, 2.75) is 12.5 Å². The second-order valence-electron chi connectivity index (χ2n) is 4.69. The maximum Gasteiger partial charge on any atom is 0.239 e. The molecule has 0 saturated heterocycles. The Morgan fingerprint density at radius 3 is 3.00 bits per heavy atom. The predicted octanol–water partition coefficient (Wildman–Crippen LogP) is 0.0549. The first kappa shape index (κ1) is 12.0. The summed E-state index contributed by atoms with van der Waals surface area (Å²) in [6.45, 7) is 1.07. The highest BCUT2D eigenvalue weighted by Crippen LogP contribution is 2.31. The number of rotatable bonds is 3. The number of quaternary nitrogens is 1. The molecule has 0 spiro atoms. The second kappa shape index (κ2) is 4.93. The van der Waals surface area contributed by atoms with Gasteiger partial charge < -0.3 is 14.8 Å². The van der Waals surface area contributed by atoms with Gasteiger partial charge in [-0.1, -0.05) is 0 Å². The smallest absolute Gasteiger partial charge is 0.239 e. The van der Waals surface area contributed by atoms with Crippen molar-refractivity contribution in [3.05, 3.63) is 41.5 Å². The standard InChI is InChI=1S/C14H17N3O2/c1-18-9-3-4-10(12(7-9)19-2)13-14-11(5-6-15-13)16-8-17-14/h3-4,7-8,13,15H,5-6H2,1-2H3,(H,16,17)/p+2. The molecule has 5 nitrogen and oxygen atoms in total. The van der Waals surface area contributed by atoms with Crippen molar-refractivity contribution < 1.29 is 19.8 Å². The van der Waals surface area contributed by atoms with Crippen LogP contribution in [0.4, 0.5) is 0 Å². The molecule has 0 aliphatic carbocycles. The van der Waals surface area contributed by atoms with Crippen LogP contribution in [-0.2, 0) is 6.42 Å². The zero-order valence-electron chi connectivity index (χ0n) is 11.2. The number of H-pyrrole nitrogens is 2. The maximum absolute atomic E-state index is 5.51. The maximum atomic E-state index is 5.51. The molecule has 2 heterocycles. The lowest BCUT2D eigenvalue weighted by Crippen LogP contribution is -2.87. The lowest BCUT2D eigenvalue weighted by molar-refractivity contribution is -0.701. The third-order valence-corrected chi connectivity index (χ3v) is 3.68. The number of fused-ring (bicyclic) bond motifs is 1. The molecule has 19 heavy (non-hydrogen) atoms. The van der Waals surface area contributed by atoms with Crippen LogP contribution in [0.1, 0.15) is 23.0 Å². The Labute approximate surface area is 112 Å². The van der Waals surface area contributed by atoms with Gasteiger partial charge >= 0.3 is 0 Å². The summed E-state index contributed by atoms with van der Waals surface area (Å²) in [7, 11) is 3.36. The summed E-state index contributed by atoms with van der Waals surface area (Å²) in [4.78, 5) is 6.59. The van der Waals surface area contributed by atoms with Gasteiger partial charge in [-0.25, -0.2) is 9.97 Å². The van der Waals surface area contributed by atoms with E-state index >= 15 is 0 Å². The number of benzene rings is 1. The first-order chi connectivity index (χ1) is 9.33. The molecule has 0 radical (unpaired) electrons. The fraction of sp³-hybridized carbons (Fsp3) is 0.357. The molecule has 1 atom stereocenters. The van der Waals surface area contributed by atoms with Crippen molar-refractivity contribution in [1.29, 1.82) is 0 Å². The third-order valence-electron chi connectivity index (χ3n) is 3.68. The van der Waals surface area contributed by atoms with E-state index in [-0.39, 0.29) is 6.04 Å². The SMILES string of the molecule is COc1ccc(C2[NH2+]CCc3[nH]c[nH+]c32)c(OC)c1. The van der Waals surface area contributed by atoms with Crippen molar-refractivity contribution in [2.75, 3.05) is 20.8 Å². The van der Waals surface area contributed by atoms with Gasteiger partial charge in [0, 0.05) is 6.07 Å². The van der Waals surface area contributed by atoms with Gasteiger partial charge in [0.2, 0.25) is 12.0 Å². The van der Waals surface area contributed by atoms with E-state index in [0.717, 1.165) is 24.5 Å². The number of hydrogen-bond acceptors (Lipinski definition) is 2. The number of imidazole rings is 1. The minimum Gasteiger partial charge on any atom is -0.497 e. The van der Waals surface area contributed by atoms with Crippen LogP contribution in [-0.4, -0.2) is 25.7 Å². The molecule has 1 aliphatic heterocycles. The van der Waals surface area contributed by atoms with E-state index in [9.17, 15) is 0 Å². The Hall–Kier alpha value is -2.01. The van der Waals surface area contributed by atoms with Crippen molar-refractivity contribution in [3.63, 3.8) is 0 Å².